The van der Waals surface area contributed by atoms with Crippen LogP contribution in [0.2, 0.25) is 0 Å². The van der Waals surface area contributed by atoms with Crippen LogP contribution >= 0.6 is 11.3 Å². The fraction of sp³-hybridized carbons (Fsp3) is 0.500. The van der Waals surface area contributed by atoms with Crippen LogP contribution in [-0.4, -0.2) is 43.5 Å². The van der Waals surface area contributed by atoms with Gasteiger partial charge in [-0.15, -0.1) is 11.3 Å². The highest BCUT2D eigenvalue weighted by Gasteiger charge is 2.26. The molecule has 2 N–H and O–H groups in total. The molecule has 1 aliphatic rings. The van der Waals surface area contributed by atoms with E-state index in [9.17, 15) is 9.59 Å². The first-order chi connectivity index (χ1) is 14.1. The van der Waals surface area contributed by atoms with Crippen LogP contribution in [0.1, 0.15) is 42.3 Å². The van der Waals surface area contributed by atoms with Crippen molar-refractivity contribution in [3.63, 3.8) is 0 Å². The van der Waals surface area contributed by atoms with Crippen LogP contribution in [0.15, 0.2) is 30.3 Å². The fourth-order valence-electron chi connectivity index (χ4n) is 3.50. The van der Waals surface area contributed by atoms with Crippen LogP contribution in [0.25, 0.3) is 0 Å². The molecule has 2 aromatic rings. The van der Waals surface area contributed by atoms with Gasteiger partial charge in [0.25, 0.3) is 11.8 Å². The number of nitrogens with zero attached hydrogens (tertiary/aromatic N) is 2. The summed E-state index contributed by atoms with van der Waals surface area (Å²) in [7, 11) is 1.89. The van der Waals surface area contributed by atoms with Crippen molar-refractivity contribution in [1.82, 2.24) is 10.3 Å². The van der Waals surface area contributed by atoms with Crippen molar-refractivity contribution in [3.05, 3.63) is 46.5 Å². The molecule has 1 atom stereocenters. The van der Waals surface area contributed by atoms with Gasteiger partial charge in [-0.1, -0.05) is 37.3 Å². The summed E-state index contributed by atoms with van der Waals surface area (Å²) in [6.07, 6.45) is 5.33. The number of benzene rings is 1. The average molecular weight is 416 g/mol. The quantitative estimate of drug-likeness (QED) is 0.654. The van der Waals surface area contributed by atoms with E-state index in [1.165, 1.54) is 17.7 Å². The lowest BCUT2D eigenvalue weighted by Gasteiger charge is -2.22. The predicted octanol–water partition coefficient (Wildman–Crippen LogP) is 1.60. The summed E-state index contributed by atoms with van der Waals surface area (Å²) in [4.78, 5) is 34.0. The first-order valence-corrected chi connectivity index (χ1v) is 11.3. The topological polar surface area (TPSA) is 66.7 Å². The van der Waals surface area contributed by atoms with E-state index in [0.717, 1.165) is 40.6 Å². The molecular formula is C22H31N4O2S+. The molecule has 2 amide bonds. The van der Waals surface area contributed by atoms with E-state index in [1.54, 1.807) is 16.2 Å². The summed E-state index contributed by atoms with van der Waals surface area (Å²) in [5, 5.41) is 3.66. The number of hydrogen-bond acceptors (Lipinski definition) is 4. The maximum absolute atomic E-state index is 13.2. The second-order valence-corrected chi connectivity index (χ2v) is 8.76. The summed E-state index contributed by atoms with van der Waals surface area (Å²) in [5.74, 6) is -0.0165. The molecule has 7 heteroatoms. The predicted molar refractivity (Wildman–Crippen MR) is 116 cm³/mol. The van der Waals surface area contributed by atoms with Crippen molar-refractivity contribution in [2.75, 3.05) is 31.6 Å². The fourth-order valence-corrected chi connectivity index (χ4v) is 4.66. The van der Waals surface area contributed by atoms with E-state index in [0.29, 0.717) is 19.6 Å². The Hall–Kier alpha value is -2.25. The van der Waals surface area contributed by atoms with Crippen LogP contribution < -0.4 is 15.1 Å². The SMILES string of the molecule is CCCNC(=O)C[NH+](C)CC(=O)N(Cc1ccccc1)c1nc2c(s1)CCCC2. The number of carbonyl (C=O) groups is 2. The summed E-state index contributed by atoms with van der Waals surface area (Å²) in [6.45, 7) is 3.75. The molecule has 0 radical (unpaired) electrons. The van der Waals surface area contributed by atoms with Crippen LogP contribution in [0, 0.1) is 0 Å². The molecule has 0 fully saturated rings. The Bertz CT molecular complexity index is 798. The number of nitrogens with one attached hydrogen (secondary N) is 2. The summed E-state index contributed by atoms with van der Waals surface area (Å²) < 4.78 is 0. The Kier molecular flexibility index (Phi) is 7.77. The maximum Gasteiger partial charge on any atom is 0.284 e. The number of hydrogen-bond donors (Lipinski definition) is 2. The second kappa shape index (κ2) is 10.5. The molecule has 0 spiro atoms. The molecule has 1 aliphatic carbocycles. The van der Waals surface area contributed by atoms with Gasteiger partial charge in [-0.3, -0.25) is 14.5 Å². The number of rotatable bonds is 9. The minimum absolute atomic E-state index is 0.000687. The molecule has 0 saturated heterocycles. The zero-order chi connectivity index (χ0) is 20.6. The van der Waals surface area contributed by atoms with Gasteiger partial charge in [-0.05, 0) is 37.7 Å². The lowest BCUT2D eigenvalue weighted by molar-refractivity contribution is -0.862. The van der Waals surface area contributed by atoms with Gasteiger partial charge in [0.2, 0.25) is 0 Å². The Morgan fingerprint density at radius 1 is 1.17 bits per heavy atom. The van der Waals surface area contributed by atoms with Crippen LogP contribution in [0.5, 0.6) is 0 Å². The van der Waals surface area contributed by atoms with Gasteiger partial charge in [-0.2, -0.15) is 0 Å². The van der Waals surface area contributed by atoms with E-state index >= 15 is 0 Å². The lowest BCUT2D eigenvalue weighted by atomic mass is 10.0. The standard InChI is InChI=1S/C22H30N4O2S/c1-3-13-23-20(27)15-25(2)16-21(28)26(14-17-9-5-4-6-10-17)22-24-18-11-7-8-12-19(18)29-22/h4-6,9-10H,3,7-8,11-16H2,1-2H3,(H,23,27)/p+1. The monoisotopic (exact) mass is 415 g/mol. The average Bonchev–Trinajstić information content (AvgIpc) is 3.14. The Morgan fingerprint density at radius 3 is 2.66 bits per heavy atom. The number of amides is 2. The molecule has 0 bridgehead atoms. The number of anilines is 1. The Labute approximate surface area is 176 Å². The van der Waals surface area contributed by atoms with Crippen LogP contribution in [0.3, 0.4) is 0 Å². The normalized spacial score (nSPS) is 14.1. The lowest BCUT2D eigenvalue weighted by Crippen LogP contribution is -3.11. The molecule has 6 nitrogen and oxygen atoms in total. The van der Waals surface area contributed by atoms with Gasteiger partial charge in [-0.25, -0.2) is 4.98 Å². The number of carbonyl (C=O) groups excluding carboxylic acids is 2. The first-order valence-electron chi connectivity index (χ1n) is 10.5. The molecule has 1 unspecified atom stereocenters. The summed E-state index contributed by atoms with van der Waals surface area (Å²) in [5.41, 5.74) is 2.23. The van der Waals surface area contributed by atoms with Crippen molar-refractivity contribution in [2.45, 2.75) is 45.6 Å². The molecule has 1 heterocycles. The number of likely N-dealkylation sites (N-methyl/N-ethyl adjacent to an activating group) is 1. The number of aryl methyl sites for hydroxylation is 2. The Balaban J connectivity index is 1.72. The van der Waals surface area contributed by atoms with Crippen molar-refractivity contribution in [1.29, 1.82) is 0 Å². The molecule has 3 rings (SSSR count). The highest BCUT2D eigenvalue weighted by Crippen LogP contribution is 2.32. The number of aromatic nitrogens is 1. The van der Waals surface area contributed by atoms with Crippen molar-refractivity contribution in [2.24, 2.45) is 0 Å². The van der Waals surface area contributed by atoms with Gasteiger partial charge in [0.05, 0.1) is 19.3 Å². The van der Waals surface area contributed by atoms with Gasteiger partial charge in [0, 0.05) is 11.4 Å². The Morgan fingerprint density at radius 2 is 1.93 bits per heavy atom. The minimum Gasteiger partial charge on any atom is -0.351 e. The van der Waals surface area contributed by atoms with E-state index in [4.69, 9.17) is 4.98 Å². The van der Waals surface area contributed by atoms with Gasteiger partial charge in [0.1, 0.15) is 0 Å². The minimum atomic E-state index is -0.0172. The molecular weight excluding hydrogens is 384 g/mol. The van der Waals surface area contributed by atoms with Gasteiger partial charge >= 0.3 is 0 Å². The highest BCUT2D eigenvalue weighted by atomic mass is 32.1. The van der Waals surface area contributed by atoms with E-state index in [2.05, 4.69) is 5.32 Å². The third-order valence-corrected chi connectivity index (χ3v) is 6.22. The van der Waals surface area contributed by atoms with Crippen molar-refractivity contribution >= 4 is 28.3 Å². The van der Waals surface area contributed by atoms with Crippen LogP contribution in [-0.2, 0) is 29.0 Å². The zero-order valence-electron chi connectivity index (χ0n) is 17.4. The third kappa shape index (κ3) is 6.11. The third-order valence-electron chi connectivity index (χ3n) is 5.04. The molecule has 156 valence electrons. The number of fused-ring (bicyclic) bond motifs is 1. The second-order valence-electron chi connectivity index (χ2n) is 7.70. The highest BCUT2D eigenvalue weighted by molar-refractivity contribution is 7.15. The zero-order valence-corrected chi connectivity index (χ0v) is 18.2. The summed E-state index contributed by atoms with van der Waals surface area (Å²) in [6, 6.07) is 10.0. The first kappa shape index (κ1) is 21.5. The van der Waals surface area contributed by atoms with Gasteiger partial charge in [0.15, 0.2) is 18.2 Å². The largest absolute Gasteiger partial charge is 0.351 e. The molecule has 0 aliphatic heterocycles. The maximum atomic E-state index is 13.2. The smallest absolute Gasteiger partial charge is 0.284 e. The molecule has 0 saturated carbocycles. The van der Waals surface area contributed by atoms with Gasteiger partial charge < -0.3 is 10.2 Å². The van der Waals surface area contributed by atoms with E-state index in [-0.39, 0.29) is 18.4 Å². The van der Waals surface area contributed by atoms with E-state index in [1.807, 2.05) is 44.3 Å². The number of quaternary nitrogens is 1. The molecule has 29 heavy (non-hydrogen) atoms. The van der Waals surface area contributed by atoms with E-state index < -0.39 is 0 Å². The van der Waals surface area contributed by atoms with Crippen molar-refractivity contribution < 1.29 is 14.5 Å². The summed E-state index contributed by atoms with van der Waals surface area (Å²) >= 11 is 1.65. The van der Waals surface area contributed by atoms with Crippen molar-refractivity contribution in [3.8, 4) is 0 Å². The van der Waals surface area contributed by atoms with Crippen LogP contribution in [0.4, 0.5) is 5.13 Å². The molecule has 1 aromatic carbocycles. The number of thiazole rings is 1. The molecule has 1 aromatic heterocycles.